The van der Waals surface area contributed by atoms with E-state index in [1.807, 2.05) is 0 Å². The maximum Gasteiger partial charge on any atom is 0.389 e. The van der Waals surface area contributed by atoms with Crippen molar-refractivity contribution in [1.29, 1.82) is 0 Å². The van der Waals surface area contributed by atoms with Crippen LogP contribution in [0.5, 0.6) is 0 Å². The summed E-state index contributed by atoms with van der Waals surface area (Å²) in [6.07, 6.45) is -1.78. The Balaban J connectivity index is 0.00000256. The van der Waals surface area contributed by atoms with Gasteiger partial charge in [-0.05, 0) is 25.7 Å². The molecular weight excluding hydrogens is 346 g/mol. The zero-order chi connectivity index (χ0) is 12.0. The van der Waals surface area contributed by atoms with Crippen LogP contribution < -0.4 is 10.6 Å². The molecule has 1 aliphatic carbocycles. The summed E-state index contributed by atoms with van der Waals surface area (Å²) >= 11 is 0. The molecule has 7 heteroatoms. The average Bonchev–Trinajstić information content (AvgIpc) is 2.97. The van der Waals surface area contributed by atoms with Gasteiger partial charge in [0.2, 0.25) is 0 Å². The molecule has 0 aromatic carbocycles. The van der Waals surface area contributed by atoms with Crippen LogP contribution in [0, 0.1) is 0 Å². The molecule has 0 bridgehead atoms. The minimum absolute atomic E-state index is 0. The molecule has 0 aliphatic heterocycles. The second kappa shape index (κ2) is 7.99. The molecule has 1 rings (SSSR count). The third-order valence-electron chi connectivity index (χ3n) is 2.32. The number of unbranched alkanes of at least 4 members (excludes halogenated alkanes) is 1. The normalized spacial score (nSPS) is 16.4. The zero-order valence-electron chi connectivity index (χ0n) is 9.81. The van der Waals surface area contributed by atoms with Crippen molar-refractivity contribution in [3.63, 3.8) is 0 Å². The Kier molecular flexibility index (Phi) is 7.89. The summed E-state index contributed by atoms with van der Waals surface area (Å²) in [7, 11) is 1.66. The molecule has 0 aromatic heterocycles. The van der Waals surface area contributed by atoms with Crippen molar-refractivity contribution in [1.82, 2.24) is 10.6 Å². The second-order valence-corrected chi connectivity index (χ2v) is 3.99. The number of hydrogen-bond acceptors (Lipinski definition) is 1. The first kappa shape index (κ1) is 16.8. The number of hydrogen-bond donors (Lipinski definition) is 2. The maximum atomic E-state index is 11.8. The lowest BCUT2D eigenvalue weighted by Gasteiger charge is -2.11. The Hall–Kier alpha value is -0.210. The SMILES string of the molecule is CN=C(NCCCCC(F)(F)F)NC1CC1.I. The summed E-state index contributed by atoms with van der Waals surface area (Å²) in [4.78, 5) is 3.99. The van der Waals surface area contributed by atoms with Crippen molar-refractivity contribution >= 4 is 29.9 Å². The smallest absolute Gasteiger partial charge is 0.356 e. The van der Waals surface area contributed by atoms with Gasteiger partial charge in [0, 0.05) is 26.1 Å². The summed E-state index contributed by atoms with van der Waals surface area (Å²) < 4.78 is 35.5. The summed E-state index contributed by atoms with van der Waals surface area (Å²) in [5.74, 6) is 0.689. The molecule has 17 heavy (non-hydrogen) atoms. The number of aliphatic imine (C=N–C) groups is 1. The van der Waals surface area contributed by atoms with E-state index < -0.39 is 12.6 Å². The lowest BCUT2D eigenvalue weighted by Crippen LogP contribution is -2.38. The molecule has 1 fully saturated rings. The van der Waals surface area contributed by atoms with Gasteiger partial charge in [-0.25, -0.2) is 0 Å². The molecule has 0 amide bonds. The van der Waals surface area contributed by atoms with Crippen LogP contribution in [0.25, 0.3) is 0 Å². The van der Waals surface area contributed by atoms with Crippen molar-refractivity contribution in [2.45, 2.75) is 44.3 Å². The van der Waals surface area contributed by atoms with Crippen molar-refractivity contribution in [3.05, 3.63) is 0 Å². The van der Waals surface area contributed by atoms with Crippen LogP contribution >= 0.6 is 24.0 Å². The molecule has 0 radical (unpaired) electrons. The van der Waals surface area contributed by atoms with Gasteiger partial charge < -0.3 is 10.6 Å². The number of nitrogens with one attached hydrogen (secondary N) is 2. The molecule has 1 aliphatic rings. The molecule has 0 spiro atoms. The minimum Gasteiger partial charge on any atom is -0.356 e. The van der Waals surface area contributed by atoms with Crippen molar-refractivity contribution in [2.24, 2.45) is 4.99 Å². The minimum atomic E-state index is -4.03. The molecule has 102 valence electrons. The van der Waals surface area contributed by atoms with Crippen molar-refractivity contribution in [2.75, 3.05) is 13.6 Å². The van der Waals surface area contributed by atoms with Gasteiger partial charge in [0.05, 0.1) is 0 Å². The van der Waals surface area contributed by atoms with Crippen LogP contribution in [0.1, 0.15) is 32.1 Å². The van der Waals surface area contributed by atoms with Gasteiger partial charge >= 0.3 is 6.18 Å². The lowest BCUT2D eigenvalue weighted by atomic mass is 10.2. The van der Waals surface area contributed by atoms with Crippen LogP contribution in [-0.2, 0) is 0 Å². The van der Waals surface area contributed by atoms with E-state index in [9.17, 15) is 13.2 Å². The summed E-state index contributed by atoms with van der Waals surface area (Å²) in [6.45, 7) is 0.530. The molecule has 3 nitrogen and oxygen atoms in total. The van der Waals surface area contributed by atoms with Crippen LogP contribution in [0.3, 0.4) is 0 Å². The lowest BCUT2D eigenvalue weighted by molar-refractivity contribution is -0.135. The van der Waals surface area contributed by atoms with E-state index >= 15 is 0 Å². The van der Waals surface area contributed by atoms with E-state index in [1.54, 1.807) is 7.05 Å². The fourth-order valence-corrected chi connectivity index (χ4v) is 1.27. The van der Waals surface area contributed by atoms with Crippen LogP contribution in [0.15, 0.2) is 4.99 Å². The zero-order valence-corrected chi connectivity index (χ0v) is 12.1. The van der Waals surface area contributed by atoms with Crippen molar-refractivity contribution < 1.29 is 13.2 Å². The highest BCUT2D eigenvalue weighted by Crippen LogP contribution is 2.21. The first-order valence-electron chi connectivity index (χ1n) is 5.55. The van der Waals surface area contributed by atoms with E-state index in [-0.39, 0.29) is 30.4 Å². The molecular formula is C10H19F3IN3. The van der Waals surface area contributed by atoms with Crippen molar-refractivity contribution in [3.8, 4) is 0 Å². The largest absolute Gasteiger partial charge is 0.389 e. The van der Waals surface area contributed by atoms with Gasteiger partial charge in [-0.1, -0.05) is 0 Å². The van der Waals surface area contributed by atoms with Crippen LogP contribution in [0.2, 0.25) is 0 Å². The van der Waals surface area contributed by atoms with E-state index in [2.05, 4.69) is 15.6 Å². The van der Waals surface area contributed by atoms with Gasteiger partial charge in [0.15, 0.2) is 5.96 Å². The predicted molar refractivity (Wildman–Crippen MR) is 72.8 cm³/mol. The maximum absolute atomic E-state index is 11.8. The third kappa shape index (κ3) is 9.49. The first-order valence-corrected chi connectivity index (χ1v) is 5.55. The quantitative estimate of drug-likeness (QED) is 0.340. The second-order valence-electron chi connectivity index (χ2n) is 3.99. The Bertz CT molecular complexity index is 239. The summed E-state index contributed by atoms with van der Waals surface area (Å²) in [5, 5.41) is 6.16. The number of halogens is 4. The van der Waals surface area contributed by atoms with E-state index in [4.69, 9.17) is 0 Å². The molecule has 2 N–H and O–H groups in total. The highest BCUT2D eigenvalue weighted by Gasteiger charge is 2.26. The van der Waals surface area contributed by atoms with Gasteiger partial charge in [0.1, 0.15) is 0 Å². The first-order chi connectivity index (χ1) is 7.51. The van der Waals surface area contributed by atoms with Gasteiger partial charge in [-0.15, -0.1) is 24.0 Å². The standard InChI is InChI=1S/C10H18F3N3.HI/c1-14-9(16-8-4-5-8)15-7-3-2-6-10(11,12)13;/h8H,2-7H2,1H3,(H2,14,15,16);1H. The average molecular weight is 365 g/mol. The highest BCUT2D eigenvalue weighted by atomic mass is 127. The number of nitrogens with zero attached hydrogens (tertiary/aromatic N) is 1. The number of guanidine groups is 1. The number of alkyl halides is 3. The van der Waals surface area contributed by atoms with E-state index in [0.717, 1.165) is 12.8 Å². The predicted octanol–water partition coefficient (Wildman–Crippen LogP) is 2.66. The molecule has 1 saturated carbocycles. The van der Waals surface area contributed by atoms with Gasteiger partial charge in [-0.3, -0.25) is 4.99 Å². The van der Waals surface area contributed by atoms with E-state index in [0.29, 0.717) is 25.0 Å². The van der Waals surface area contributed by atoms with Crippen LogP contribution in [0.4, 0.5) is 13.2 Å². The summed E-state index contributed by atoms with van der Waals surface area (Å²) in [5.41, 5.74) is 0. The number of rotatable bonds is 5. The molecule has 0 heterocycles. The monoisotopic (exact) mass is 365 g/mol. The Morgan fingerprint density at radius 1 is 1.29 bits per heavy atom. The molecule has 0 atom stereocenters. The van der Waals surface area contributed by atoms with E-state index in [1.165, 1.54) is 0 Å². The topological polar surface area (TPSA) is 36.4 Å². The van der Waals surface area contributed by atoms with Gasteiger partial charge in [-0.2, -0.15) is 13.2 Å². The Morgan fingerprint density at radius 2 is 1.94 bits per heavy atom. The van der Waals surface area contributed by atoms with Crippen LogP contribution in [-0.4, -0.2) is 31.8 Å². The van der Waals surface area contributed by atoms with Gasteiger partial charge in [0.25, 0.3) is 0 Å². The fourth-order valence-electron chi connectivity index (χ4n) is 1.27. The summed E-state index contributed by atoms with van der Waals surface area (Å²) in [6, 6.07) is 0.501. The highest BCUT2D eigenvalue weighted by molar-refractivity contribution is 14.0. The third-order valence-corrected chi connectivity index (χ3v) is 2.32. The Morgan fingerprint density at radius 3 is 2.41 bits per heavy atom. The molecule has 0 saturated heterocycles. The fraction of sp³-hybridized carbons (Fsp3) is 0.900. The Labute approximate surface area is 117 Å². The molecule has 0 aromatic rings. The molecule has 0 unspecified atom stereocenters.